The van der Waals surface area contributed by atoms with Gasteiger partial charge in [0.15, 0.2) is 6.04 Å². The van der Waals surface area contributed by atoms with Crippen LogP contribution in [0.25, 0.3) is 0 Å². The zero-order chi connectivity index (χ0) is 15.2. The average Bonchev–Trinajstić information content (AvgIpc) is 2.48. The van der Waals surface area contributed by atoms with Gasteiger partial charge < -0.3 is 10.1 Å². The maximum Gasteiger partial charge on any atom is 0.333 e. The van der Waals surface area contributed by atoms with Crippen molar-refractivity contribution in [3.05, 3.63) is 63.6 Å². The van der Waals surface area contributed by atoms with Gasteiger partial charge in [0.05, 0.1) is 6.61 Å². The van der Waals surface area contributed by atoms with E-state index in [1.165, 1.54) is 0 Å². The molecule has 1 unspecified atom stereocenters. The van der Waals surface area contributed by atoms with Crippen LogP contribution in [0, 0.1) is 0 Å². The zero-order valence-corrected chi connectivity index (χ0v) is 13.8. The quantitative estimate of drug-likeness (QED) is 0.769. The van der Waals surface area contributed by atoms with Crippen LogP contribution < -0.4 is 5.32 Å². The molecule has 0 heterocycles. The monoisotopic (exact) mass is 367 g/mol. The van der Waals surface area contributed by atoms with Gasteiger partial charge in [-0.05, 0) is 41.1 Å². The van der Waals surface area contributed by atoms with E-state index < -0.39 is 6.04 Å². The molecule has 0 amide bonds. The van der Waals surface area contributed by atoms with E-state index in [0.717, 1.165) is 10.2 Å². The first kappa shape index (κ1) is 15.9. The summed E-state index contributed by atoms with van der Waals surface area (Å²) < 4.78 is 6.02. The number of benzene rings is 2. The number of carbonyl (C=O) groups excluding carboxylic acids is 1. The topological polar surface area (TPSA) is 38.3 Å². The highest BCUT2D eigenvalue weighted by atomic mass is 79.9. The maximum absolute atomic E-state index is 12.3. The van der Waals surface area contributed by atoms with E-state index in [-0.39, 0.29) is 5.97 Å². The van der Waals surface area contributed by atoms with Crippen LogP contribution >= 0.6 is 27.5 Å². The molecular formula is C16H15BrClNO2. The van der Waals surface area contributed by atoms with E-state index >= 15 is 0 Å². The number of halogens is 2. The Kier molecular flexibility index (Phi) is 5.65. The highest BCUT2D eigenvalue weighted by molar-refractivity contribution is 9.10. The minimum absolute atomic E-state index is 0.317. The van der Waals surface area contributed by atoms with Crippen LogP contribution in [0.2, 0.25) is 5.02 Å². The van der Waals surface area contributed by atoms with Crippen molar-refractivity contribution < 1.29 is 9.53 Å². The summed E-state index contributed by atoms with van der Waals surface area (Å²) in [5.74, 6) is -0.360. The molecule has 0 spiro atoms. The molecule has 110 valence electrons. The molecule has 2 aromatic rings. The second-order valence-electron chi connectivity index (χ2n) is 4.33. The van der Waals surface area contributed by atoms with Gasteiger partial charge in [-0.3, -0.25) is 0 Å². The molecule has 0 radical (unpaired) electrons. The van der Waals surface area contributed by atoms with Gasteiger partial charge >= 0.3 is 5.97 Å². The number of esters is 1. The molecule has 1 atom stereocenters. The Morgan fingerprint density at radius 2 is 1.90 bits per heavy atom. The fraction of sp³-hybridized carbons (Fsp3) is 0.188. The van der Waals surface area contributed by atoms with Gasteiger partial charge in [0.25, 0.3) is 0 Å². The predicted octanol–water partition coefficient (Wildman–Crippen LogP) is 4.82. The number of nitrogens with one attached hydrogen (secondary N) is 1. The van der Waals surface area contributed by atoms with Crippen molar-refractivity contribution in [2.75, 3.05) is 11.9 Å². The minimum atomic E-state index is -0.655. The Morgan fingerprint density at radius 3 is 2.57 bits per heavy atom. The second kappa shape index (κ2) is 7.48. The van der Waals surface area contributed by atoms with Gasteiger partial charge in [0, 0.05) is 20.7 Å². The van der Waals surface area contributed by atoms with Gasteiger partial charge in [-0.25, -0.2) is 4.79 Å². The van der Waals surface area contributed by atoms with E-state index in [9.17, 15) is 4.79 Å². The summed E-state index contributed by atoms with van der Waals surface area (Å²) in [5, 5.41) is 3.71. The largest absolute Gasteiger partial charge is 0.464 e. The van der Waals surface area contributed by atoms with E-state index in [1.54, 1.807) is 13.0 Å². The molecule has 0 aliphatic carbocycles. The number of anilines is 1. The molecule has 0 aliphatic heterocycles. The van der Waals surface area contributed by atoms with Crippen LogP contribution in [-0.2, 0) is 9.53 Å². The smallest absolute Gasteiger partial charge is 0.333 e. The third kappa shape index (κ3) is 3.99. The maximum atomic E-state index is 12.3. The molecule has 0 bridgehead atoms. The van der Waals surface area contributed by atoms with Crippen molar-refractivity contribution in [2.45, 2.75) is 13.0 Å². The Balaban J connectivity index is 2.36. The molecule has 2 aromatic carbocycles. The number of para-hydroxylation sites is 1. The van der Waals surface area contributed by atoms with Crippen LogP contribution in [0.15, 0.2) is 53.0 Å². The summed E-state index contributed by atoms with van der Waals surface area (Å²) in [5.41, 5.74) is 1.49. The van der Waals surface area contributed by atoms with Gasteiger partial charge in [-0.1, -0.05) is 41.9 Å². The molecule has 0 saturated carbocycles. The molecule has 21 heavy (non-hydrogen) atoms. The molecular weight excluding hydrogens is 354 g/mol. The number of rotatable bonds is 5. The van der Waals surface area contributed by atoms with E-state index in [1.807, 2.05) is 42.5 Å². The predicted molar refractivity (Wildman–Crippen MR) is 88.6 cm³/mol. The molecule has 1 N–H and O–H groups in total. The highest BCUT2D eigenvalue weighted by Crippen LogP contribution is 2.30. The highest BCUT2D eigenvalue weighted by Gasteiger charge is 2.24. The Bertz CT molecular complexity index is 633. The lowest BCUT2D eigenvalue weighted by molar-refractivity contribution is -0.144. The standard InChI is InChI=1S/C16H15BrClNO2/c1-2-21-16(20)15(11-7-3-5-9-13(11)18)19-14-10-6-4-8-12(14)17/h3-10,15,19H,2H2,1H3. The Labute approximate surface area is 137 Å². The van der Waals surface area contributed by atoms with Crippen molar-refractivity contribution in [3.8, 4) is 0 Å². The third-order valence-electron chi connectivity index (χ3n) is 2.91. The first-order chi connectivity index (χ1) is 10.1. The first-order valence-corrected chi connectivity index (χ1v) is 7.72. The lowest BCUT2D eigenvalue weighted by Crippen LogP contribution is -2.23. The van der Waals surface area contributed by atoms with Crippen molar-refractivity contribution in [1.29, 1.82) is 0 Å². The van der Waals surface area contributed by atoms with Gasteiger partial charge in [-0.2, -0.15) is 0 Å². The normalized spacial score (nSPS) is 11.8. The zero-order valence-electron chi connectivity index (χ0n) is 11.5. The molecule has 0 aliphatic rings. The summed E-state index contributed by atoms with van der Waals surface area (Å²) in [6, 6.07) is 14.2. The lowest BCUT2D eigenvalue weighted by atomic mass is 10.1. The van der Waals surface area contributed by atoms with Crippen molar-refractivity contribution >= 4 is 39.2 Å². The van der Waals surface area contributed by atoms with Crippen LogP contribution in [0.5, 0.6) is 0 Å². The second-order valence-corrected chi connectivity index (χ2v) is 5.59. The number of hydrogen-bond donors (Lipinski definition) is 1. The first-order valence-electron chi connectivity index (χ1n) is 6.55. The van der Waals surface area contributed by atoms with Gasteiger partial charge in [-0.15, -0.1) is 0 Å². The molecule has 0 aromatic heterocycles. The van der Waals surface area contributed by atoms with Crippen molar-refractivity contribution in [1.82, 2.24) is 0 Å². The van der Waals surface area contributed by atoms with Crippen molar-refractivity contribution in [2.24, 2.45) is 0 Å². The molecule has 3 nitrogen and oxygen atoms in total. The Hall–Kier alpha value is -1.52. The minimum Gasteiger partial charge on any atom is -0.464 e. The average molecular weight is 369 g/mol. The summed E-state index contributed by atoms with van der Waals surface area (Å²) >= 11 is 9.67. The fourth-order valence-corrected chi connectivity index (χ4v) is 2.58. The molecule has 0 saturated heterocycles. The summed E-state index contributed by atoms with van der Waals surface area (Å²) in [6.45, 7) is 2.09. The fourth-order valence-electron chi connectivity index (χ4n) is 1.93. The lowest BCUT2D eigenvalue weighted by Gasteiger charge is -2.20. The number of carbonyl (C=O) groups is 1. The van der Waals surface area contributed by atoms with Crippen LogP contribution in [0.4, 0.5) is 5.69 Å². The van der Waals surface area contributed by atoms with E-state index in [2.05, 4.69) is 21.2 Å². The van der Waals surface area contributed by atoms with E-state index in [4.69, 9.17) is 16.3 Å². The van der Waals surface area contributed by atoms with Gasteiger partial charge in [0.1, 0.15) is 0 Å². The third-order valence-corrected chi connectivity index (χ3v) is 3.95. The molecule has 5 heteroatoms. The van der Waals surface area contributed by atoms with Crippen molar-refractivity contribution in [3.63, 3.8) is 0 Å². The van der Waals surface area contributed by atoms with Crippen LogP contribution in [0.3, 0.4) is 0 Å². The SMILES string of the molecule is CCOC(=O)C(Nc1ccccc1Br)c1ccccc1Cl. The van der Waals surface area contributed by atoms with E-state index in [0.29, 0.717) is 17.2 Å². The Morgan fingerprint density at radius 1 is 1.24 bits per heavy atom. The molecule has 0 fully saturated rings. The van der Waals surface area contributed by atoms with Crippen LogP contribution in [0.1, 0.15) is 18.5 Å². The summed E-state index contributed by atoms with van der Waals surface area (Å²) in [7, 11) is 0. The summed E-state index contributed by atoms with van der Waals surface area (Å²) in [6.07, 6.45) is 0. The molecule has 2 rings (SSSR count). The van der Waals surface area contributed by atoms with Crippen LogP contribution in [-0.4, -0.2) is 12.6 Å². The summed E-state index contributed by atoms with van der Waals surface area (Å²) in [4.78, 5) is 12.3. The van der Waals surface area contributed by atoms with Gasteiger partial charge in [0.2, 0.25) is 0 Å². The number of hydrogen-bond acceptors (Lipinski definition) is 3. The number of ether oxygens (including phenoxy) is 1.